The Balaban J connectivity index is 1.85. The first-order valence-electron chi connectivity index (χ1n) is 9.27. The van der Waals surface area contributed by atoms with Crippen molar-refractivity contribution in [3.63, 3.8) is 0 Å². The van der Waals surface area contributed by atoms with Crippen LogP contribution in [0.2, 0.25) is 0 Å². The number of aryl methyl sites for hydroxylation is 1. The lowest BCUT2D eigenvalue weighted by atomic mass is 10.2. The first kappa shape index (κ1) is 22.2. The van der Waals surface area contributed by atoms with Gasteiger partial charge in [-0.1, -0.05) is 21.9 Å². The van der Waals surface area contributed by atoms with Gasteiger partial charge >= 0.3 is 0 Å². The Kier molecular flexibility index (Phi) is 5.65. The molecule has 32 heavy (non-hydrogen) atoms. The first-order valence-corrected chi connectivity index (χ1v) is 12.2. The summed E-state index contributed by atoms with van der Waals surface area (Å²) in [7, 11) is -9.41. The molecule has 0 aromatic heterocycles. The highest BCUT2D eigenvalue weighted by atomic mass is 32.3. The van der Waals surface area contributed by atoms with Gasteiger partial charge in [-0.05, 0) is 60.5 Å². The van der Waals surface area contributed by atoms with E-state index in [-0.39, 0.29) is 21.0 Å². The largest absolute Gasteiger partial charge is 0.454 e. The van der Waals surface area contributed by atoms with E-state index in [0.29, 0.717) is 29.2 Å². The third-order valence-corrected chi connectivity index (χ3v) is 8.97. The minimum absolute atomic E-state index is 0.0166. The van der Waals surface area contributed by atoms with Crippen molar-refractivity contribution in [1.82, 2.24) is 3.71 Å². The van der Waals surface area contributed by atoms with Gasteiger partial charge in [0.2, 0.25) is 6.79 Å². The SMILES string of the molecule is Cc1cccc(S(=O)(=O)N(Cc2ccc3c(c2)OCO3)S(=O)(=O)c2ccc(F)c(F)c2)c1. The molecule has 0 radical (unpaired) electrons. The monoisotopic (exact) mass is 481 g/mol. The average molecular weight is 481 g/mol. The number of sulfonamides is 2. The van der Waals surface area contributed by atoms with Crippen molar-refractivity contribution < 1.29 is 35.1 Å². The van der Waals surface area contributed by atoms with Crippen LogP contribution in [0.25, 0.3) is 0 Å². The fraction of sp³-hybridized carbons (Fsp3) is 0.143. The van der Waals surface area contributed by atoms with Crippen molar-refractivity contribution in [2.45, 2.75) is 23.3 Å². The van der Waals surface area contributed by atoms with E-state index in [1.54, 1.807) is 13.0 Å². The Morgan fingerprint density at radius 3 is 2.19 bits per heavy atom. The number of halogens is 2. The van der Waals surface area contributed by atoms with Crippen LogP contribution in [0.5, 0.6) is 11.5 Å². The Morgan fingerprint density at radius 2 is 1.50 bits per heavy atom. The van der Waals surface area contributed by atoms with Gasteiger partial charge in [-0.2, -0.15) is 0 Å². The van der Waals surface area contributed by atoms with Crippen molar-refractivity contribution in [1.29, 1.82) is 0 Å². The zero-order chi connectivity index (χ0) is 23.1. The Hall–Kier alpha value is -3.02. The molecule has 0 saturated heterocycles. The summed E-state index contributed by atoms with van der Waals surface area (Å²) in [5, 5.41) is 0. The fourth-order valence-corrected chi connectivity index (χ4v) is 6.87. The highest BCUT2D eigenvalue weighted by molar-refractivity contribution is 8.04. The molecule has 0 atom stereocenters. The minimum atomic E-state index is -4.80. The standard InChI is InChI=1S/C21H17F2NO6S2/c1-14-3-2-4-16(9-14)31(25,26)24(12-15-5-8-20-21(10-15)30-13-29-20)32(27,28)17-6-7-18(22)19(23)11-17/h2-11H,12-13H2,1H3. The molecule has 168 valence electrons. The normalized spacial score (nSPS) is 13.5. The third-order valence-electron chi connectivity index (χ3n) is 4.76. The summed E-state index contributed by atoms with van der Waals surface area (Å²) < 4.78 is 91.4. The number of hydrogen-bond acceptors (Lipinski definition) is 6. The van der Waals surface area contributed by atoms with Gasteiger partial charge in [-0.3, -0.25) is 0 Å². The molecule has 3 aromatic rings. The topological polar surface area (TPSA) is 90.0 Å². The quantitative estimate of drug-likeness (QED) is 0.535. The Morgan fingerprint density at radius 1 is 0.812 bits per heavy atom. The predicted octanol–water partition coefficient (Wildman–Crippen LogP) is 3.58. The molecule has 1 aliphatic heterocycles. The molecule has 0 unspecified atom stereocenters. The van der Waals surface area contributed by atoms with Crippen LogP contribution >= 0.6 is 0 Å². The zero-order valence-corrected chi connectivity index (χ0v) is 18.3. The minimum Gasteiger partial charge on any atom is -0.454 e. The van der Waals surface area contributed by atoms with Gasteiger partial charge in [0.15, 0.2) is 23.1 Å². The summed E-state index contributed by atoms with van der Waals surface area (Å²) in [6.07, 6.45) is 0. The van der Waals surface area contributed by atoms with Crippen molar-refractivity contribution in [2.24, 2.45) is 0 Å². The van der Waals surface area contributed by atoms with E-state index < -0.39 is 43.1 Å². The second kappa shape index (κ2) is 8.15. The molecule has 0 spiro atoms. The maximum absolute atomic E-state index is 13.8. The second-order valence-corrected chi connectivity index (χ2v) is 11.0. The lowest BCUT2D eigenvalue weighted by molar-refractivity contribution is 0.174. The van der Waals surface area contributed by atoms with Gasteiger partial charge in [0, 0.05) is 0 Å². The Bertz CT molecular complexity index is 1410. The number of fused-ring (bicyclic) bond motifs is 1. The number of nitrogens with zero attached hydrogens (tertiary/aromatic N) is 1. The maximum Gasteiger partial charge on any atom is 0.256 e. The summed E-state index contributed by atoms with van der Waals surface area (Å²) in [6.45, 7) is 1.04. The average Bonchev–Trinajstić information content (AvgIpc) is 3.21. The van der Waals surface area contributed by atoms with Crippen LogP contribution in [-0.4, -0.2) is 27.3 Å². The Labute approximate surface area is 183 Å². The van der Waals surface area contributed by atoms with Gasteiger partial charge < -0.3 is 9.47 Å². The number of benzene rings is 3. The molecule has 0 bridgehead atoms. The van der Waals surface area contributed by atoms with Crippen molar-refractivity contribution in [3.8, 4) is 11.5 Å². The molecule has 4 rings (SSSR count). The van der Waals surface area contributed by atoms with E-state index >= 15 is 0 Å². The molecule has 0 aliphatic carbocycles. The van der Waals surface area contributed by atoms with Gasteiger partial charge in [0.05, 0.1) is 16.3 Å². The molecular formula is C21H17F2NO6S2. The van der Waals surface area contributed by atoms with Crippen LogP contribution < -0.4 is 9.47 Å². The predicted molar refractivity (Wildman–Crippen MR) is 110 cm³/mol. The molecule has 0 N–H and O–H groups in total. The molecule has 3 aromatic carbocycles. The lowest BCUT2D eigenvalue weighted by Crippen LogP contribution is -2.36. The highest BCUT2D eigenvalue weighted by Crippen LogP contribution is 2.34. The van der Waals surface area contributed by atoms with Crippen molar-refractivity contribution in [2.75, 3.05) is 6.79 Å². The molecular weight excluding hydrogens is 464 g/mol. The van der Waals surface area contributed by atoms with Crippen LogP contribution in [0.3, 0.4) is 0 Å². The van der Waals surface area contributed by atoms with Crippen LogP contribution in [0, 0.1) is 18.6 Å². The van der Waals surface area contributed by atoms with Crippen molar-refractivity contribution >= 4 is 20.0 Å². The van der Waals surface area contributed by atoms with E-state index in [9.17, 15) is 25.6 Å². The lowest BCUT2D eigenvalue weighted by Gasteiger charge is -2.22. The van der Waals surface area contributed by atoms with E-state index in [2.05, 4.69) is 0 Å². The summed E-state index contributed by atoms with van der Waals surface area (Å²) in [6, 6.07) is 12.1. The third kappa shape index (κ3) is 4.06. The number of rotatable bonds is 6. The van der Waals surface area contributed by atoms with Crippen molar-refractivity contribution in [3.05, 3.63) is 83.4 Å². The zero-order valence-electron chi connectivity index (χ0n) is 16.7. The summed E-state index contributed by atoms with van der Waals surface area (Å²) in [5.74, 6) is -1.90. The highest BCUT2D eigenvalue weighted by Gasteiger charge is 2.37. The van der Waals surface area contributed by atoms with Gasteiger partial charge in [-0.25, -0.2) is 25.6 Å². The fourth-order valence-electron chi connectivity index (χ4n) is 3.14. The van der Waals surface area contributed by atoms with Crippen LogP contribution in [-0.2, 0) is 26.6 Å². The van der Waals surface area contributed by atoms with Gasteiger partial charge in [-0.15, -0.1) is 0 Å². The van der Waals surface area contributed by atoms with E-state index in [0.717, 1.165) is 6.07 Å². The molecule has 11 heteroatoms. The molecule has 0 saturated carbocycles. The number of hydrogen-bond donors (Lipinski definition) is 0. The summed E-state index contributed by atoms with van der Waals surface area (Å²) in [5.41, 5.74) is 0.885. The van der Waals surface area contributed by atoms with Gasteiger partial charge in [0.1, 0.15) is 0 Å². The van der Waals surface area contributed by atoms with E-state index in [1.807, 2.05) is 0 Å². The molecule has 1 aliphatic rings. The molecule has 7 nitrogen and oxygen atoms in total. The maximum atomic E-state index is 13.8. The summed E-state index contributed by atoms with van der Waals surface area (Å²) >= 11 is 0. The van der Waals surface area contributed by atoms with Gasteiger partial charge in [0.25, 0.3) is 20.0 Å². The second-order valence-electron chi connectivity index (χ2n) is 7.02. The van der Waals surface area contributed by atoms with E-state index in [4.69, 9.17) is 9.47 Å². The van der Waals surface area contributed by atoms with Crippen LogP contribution in [0.1, 0.15) is 11.1 Å². The summed E-state index contributed by atoms with van der Waals surface area (Å²) in [4.78, 5) is -0.960. The molecule has 1 heterocycles. The number of ether oxygens (including phenoxy) is 2. The molecule has 0 amide bonds. The van der Waals surface area contributed by atoms with Crippen LogP contribution in [0.15, 0.2) is 70.5 Å². The first-order chi connectivity index (χ1) is 15.1. The van der Waals surface area contributed by atoms with Crippen LogP contribution in [0.4, 0.5) is 8.78 Å². The smallest absolute Gasteiger partial charge is 0.256 e. The molecule has 0 fully saturated rings. The van der Waals surface area contributed by atoms with E-state index in [1.165, 1.54) is 36.4 Å².